The summed E-state index contributed by atoms with van der Waals surface area (Å²) >= 11 is 8.37. The number of β-lactam (4-membered cyclic amide) rings is 1. The number of phenolic OH excluding ortho intramolecular Hbond substituents is 1. The van der Waals surface area contributed by atoms with E-state index >= 15 is 0 Å². The molecule has 0 radical (unpaired) electrons. The smallest absolute Gasteiger partial charge is 0.352 e. The second-order valence-electron chi connectivity index (χ2n) is 13.0. The van der Waals surface area contributed by atoms with Gasteiger partial charge in [0.2, 0.25) is 10.3 Å². The lowest BCUT2D eigenvalue weighted by atomic mass is 9.73. The number of fused-ring (bicyclic) bond motifs is 1. The largest absolute Gasteiger partial charge is 0.507 e. The predicted octanol–water partition coefficient (Wildman–Crippen LogP) is 7.67. The van der Waals surface area contributed by atoms with Crippen molar-refractivity contribution < 1.29 is 29.3 Å². The molecule has 48 heavy (non-hydrogen) atoms. The summed E-state index contributed by atoms with van der Waals surface area (Å²) in [6, 6.07) is 6.41. The average Bonchev–Trinajstić information content (AvgIpc) is 3.55. The summed E-state index contributed by atoms with van der Waals surface area (Å²) < 4.78 is 6.55. The number of carboxylic acids is 1. The lowest BCUT2D eigenvalue weighted by molar-refractivity contribution is -0.155. The highest BCUT2D eigenvalue weighted by Gasteiger charge is 2.53. The summed E-state index contributed by atoms with van der Waals surface area (Å²) in [5.41, 5.74) is 4.51. The summed E-state index contributed by atoms with van der Waals surface area (Å²) in [6.45, 7) is 10.5. The van der Waals surface area contributed by atoms with Crippen LogP contribution in [0.1, 0.15) is 87.6 Å². The Bertz CT molecular complexity index is 1650. The van der Waals surface area contributed by atoms with Crippen molar-refractivity contribution in [3.63, 3.8) is 0 Å². The number of carboxylic acid groups (broad SMARTS) is 1. The Morgan fingerprint density at radius 2 is 2.02 bits per heavy atom. The van der Waals surface area contributed by atoms with Gasteiger partial charge in [-0.3, -0.25) is 14.5 Å². The van der Waals surface area contributed by atoms with E-state index in [9.17, 15) is 24.6 Å². The van der Waals surface area contributed by atoms with Gasteiger partial charge in [0, 0.05) is 22.1 Å². The maximum Gasteiger partial charge on any atom is 0.352 e. The zero-order valence-corrected chi connectivity index (χ0v) is 30.2. The van der Waals surface area contributed by atoms with E-state index in [0.29, 0.717) is 29.7 Å². The van der Waals surface area contributed by atoms with E-state index in [2.05, 4.69) is 31.8 Å². The standard InChI is InChI=1S/C37H44N2O6S3/c1-5-6-7-9-23-17-29(40)32(27-16-22(4)11-13-26(27)21(2)3)30(18-23)45-37(46)48-20-24-12-14-28-33(35(42)39(28)34(24)36(43)44)38-31(41)19-25-10-8-15-47-25/h8,10,15-18,26-28,33,40H,2,5-7,9,11-14,19-20H2,1,3-4H3,(H,38,41)(H,43,44)/t26-,27+,28+,33-/m0/s1. The molecule has 3 heterocycles. The zero-order valence-electron chi connectivity index (χ0n) is 27.8. The van der Waals surface area contributed by atoms with Crippen LogP contribution < -0.4 is 10.1 Å². The molecule has 2 aromatic rings. The maximum atomic E-state index is 13.1. The molecule has 1 saturated heterocycles. The number of carbonyl (C=O) groups is 3. The number of hydrogen-bond donors (Lipinski definition) is 3. The fourth-order valence-electron chi connectivity index (χ4n) is 7.06. The Hall–Kier alpha value is -3.41. The summed E-state index contributed by atoms with van der Waals surface area (Å²) in [7, 11) is 0. The first kappa shape index (κ1) is 35.9. The van der Waals surface area contributed by atoms with Gasteiger partial charge in [-0.25, -0.2) is 4.79 Å². The van der Waals surface area contributed by atoms with Crippen LogP contribution in [0.5, 0.6) is 11.5 Å². The number of unbranched alkanes of at least 4 members (excludes halogenated alkanes) is 2. The number of hydrogen-bond acceptors (Lipinski definition) is 8. The van der Waals surface area contributed by atoms with Gasteiger partial charge in [-0.2, -0.15) is 0 Å². The molecule has 1 aliphatic carbocycles. The van der Waals surface area contributed by atoms with E-state index in [4.69, 9.17) is 17.0 Å². The fraction of sp³-hybridized carbons (Fsp3) is 0.459. The summed E-state index contributed by atoms with van der Waals surface area (Å²) in [5.74, 6) is -0.901. The number of benzene rings is 1. The SMILES string of the molecule is C=C(C)[C@@H]1CCC(C)=C[C@H]1c1c(O)cc(CCCCC)cc1OC(=S)SCC1=C(C(=O)O)N2C(=O)[C@@H](NC(=O)Cc3cccs3)[C@H]2CC1. The molecule has 0 unspecified atom stereocenters. The van der Waals surface area contributed by atoms with Crippen LogP contribution in [0.3, 0.4) is 0 Å². The number of aliphatic carboxylic acids is 1. The maximum absolute atomic E-state index is 13.1. The van der Waals surface area contributed by atoms with Crippen LogP contribution in [0.25, 0.3) is 0 Å². The van der Waals surface area contributed by atoms with Crippen molar-refractivity contribution in [1.29, 1.82) is 0 Å². The number of phenols is 1. The Balaban J connectivity index is 1.32. The van der Waals surface area contributed by atoms with Crippen LogP contribution in [-0.2, 0) is 27.2 Å². The summed E-state index contributed by atoms with van der Waals surface area (Å²) in [5, 5.41) is 26.3. The molecule has 11 heteroatoms. The molecule has 5 rings (SSSR count). The normalized spacial score (nSPS) is 22.0. The van der Waals surface area contributed by atoms with E-state index in [1.54, 1.807) is 0 Å². The minimum absolute atomic E-state index is 0.0429. The third kappa shape index (κ3) is 8.06. The number of nitrogens with zero attached hydrogens (tertiary/aromatic N) is 1. The van der Waals surface area contributed by atoms with E-state index in [1.807, 2.05) is 36.6 Å². The molecule has 2 aliphatic heterocycles. The molecule has 2 amide bonds. The Labute approximate surface area is 296 Å². The van der Waals surface area contributed by atoms with Gasteiger partial charge < -0.3 is 20.3 Å². The molecule has 0 bridgehead atoms. The lowest BCUT2D eigenvalue weighted by Crippen LogP contribution is -2.71. The number of allylic oxidation sites excluding steroid dienone is 3. The molecule has 0 spiro atoms. The van der Waals surface area contributed by atoms with Crippen molar-refractivity contribution >= 4 is 57.5 Å². The van der Waals surface area contributed by atoms with Crippen molar-refractivity contribution in [2.24, 2.45) is 5.92 Å². The van der Waals surface area contributed by atoms with Crippen LogP contribution in [0.2, 0.25) is 0 Å². The van der Waals surface area contributed by atoms with Crippen molar-refractivity contribution in [3.05, 3.63) is 80.7 Å². The number of amides is 2. The van der Waals surface area contributed by atoms with Crippen LogP contribution >= 0.6 is 35.3 Å². The van der Waals surface area contributed by atoms with Gasteiger partial charge in [0.05, 0.1) is 12.5 Å². The number of aryl methyl sites for hydroxylation is 1. The Morgan fingerprint density at radius 1 is 1.23 bits per heavy atom. The average molecular weight is 709 g/mol. The van der Waals surface area contributed by atoms with Crippen molar-refractivity contribution in [2.75, 3.05) is 5.75 Å². The third-order valence-electron chi connectivity index (χ3n) is 9.49. The molecule has 1 fully saturated rings. The Kier molecular flexibility index (Phi) is 11.9. The molecule has 1 aromatic heterocycles. The predicted molar refractivity (Wildman–Crippen MR) is 196 cm³/mol. The van der Waals surface area contributed by atoms with Gasteiger partial charge in [-0.1, -0.05) is 61.4 Å². The van der Waals surface area contributed by atoms with Gasteiger partial charge in [-0.15, -0.1) is 11.3 Å². The van der Waals surface area contributed by atoms with E-state index in [-0.39, 0.29) is 45.7 Å². The number of thioether (sulfide) groups is 1. The number of thiophene rings is 1. The van der Waals surface area contributed by atoms with Crippen LogP contribution in [-0.4, -0.2) is 55.1 Å². The Morgan fingerprint density at radius 3 is 2.71 bits per heavy atom. The monoisotopic (exact) mass is 708 g/mol. The van der Waals surface area contributed by atoms with E-state index in [1.165, 1.54) is 33.6 Å². The first-order valence-electron chi connectivity index (χ1n) is 16.6. The zero-order chi connectivity index (χ0) is 34.5. The molecule has 256 valence electrons. The molecule has 3 N–H and O–H groups in total. The molecule has 8 nitrogen and oxygen atoms in total. The van der Waals surface area contributed by atoms with Gasteiger partial charge in [0.1, 0.15) is 23.2 Å². The van der Waals surface area contributed by atoms with Crippen LogP contribution in [0, 0.1) is 5.92 Å². The first-order chi connectivity index (χ1) is 23.0. The molecular formula is C37H44N2O6S3. The minimum Gasteiger partial charge on any atom is -0.507 e. The van der Waals surface area contributed by atoms with E-state index < -0.39 is 24.0 Å². The molecule has 1 aromatic carbocycles. The van der Waals surface area contributed by atoms with Gasteiger partial charge in [-0.05, 0) is 105 Å². The highest BCUT2D eigenvalue weighted by atomic mass is 32.2. The number of carbonyl (C=O) groups excluding carboxylic acids is 2. The number of nitrogens with one attached hydrogen (secondary N) is 1. The highest BCUT2D eigenvalue weighted by Crippen LogP contribution is 2.47. The first-order valence-corrected chi connectivity index (χ1v) is 18.9. The number of thiocarbonyl (C=S) groups is 1. The van der Waals surface area contributed by atoms with Gasteiger partial charge in [0.15, 0.2) is 0 Å². The second-order valence-corrected chi connectivity index (χ2v) is 15.6. The topological polar surface area (TPSA) is 116 Å². The van der Waals surface area contributed by atoms with Gasteiger partial charge >= 0.3 is 5.97 Å². The van der Waals surface area contributed by atoms with Crippen LogP contribution in [0.15, 0.2) is 64.7 Å². The summed E-state index contributed by atoms with van der Waals surface area (Å²) in [6.07, 6.45) is 9.23. The van der Waals surface area contributed by atoms with Crippen molar-refractivity contribution in [2.45, 2.75) is 96.6 Å². The molecule has 0 saturated carbocycles. The minimum atomic E-state index is -1.18. The second kappa shape index (κ2) is 15.9. The number of rotatable bonds is 13. The molecule has 4 atom stereocenters. The summed E-state index contributed by atoms with van der Waals surface area (Å²) in [4.78, 5) is 40.4. The van der Waals surface area contributed by atoms with Gasteiger partial charge in [0.25, 0.3) is 5.91 Å². The van der Waals surface area contributed by atoms with Crippen molar-refractivity contribution in [3.8, 4) is 11.5 Å². The number of ether oxygens (including phenoxy) is 1. The lowest BCUT2D eigenvalue weighted by Gasteiger charge is -2.50. The highest BCUT2D eigenvalue weighted by molar-refractivity contribution is 8.22. The van der Waals surface area contributed by atoms with Crippen molar-refractivity contribution in [1.82, 2.24) is 10.2 Å². The third-order valence-corrected chi connectivity index (χ3v) is 11.6. The van der Waals surface area contributed by atoms with Crippen LogP contribution in [0.4, 0.5) is 0 Å². The fourth-order valence-corrected chi connectivity index (χ4v) is 8.75. The molecule has 3 aliphatic rings. The quantitative estimate of drug-likeness (QED) is 0.0841. The molecular weight excluding hydrogens is 665 g/mol. The van der Waals surface area contributed by atoms with E-state index in [0.717, 1.165) is 54.5 Å². The number of aromatic hydroxyl groups is 1.